The van der Waals surface area contributed by atoms with Gasteiger partial charge in [-0.1, -0.05) is 140 Å². The van der Waals surface area contributed by atoms with E-state index in [1.54, 1.807) is 0 Å². The fourth-order valence-corrected chi connectivity index (χ4v) is 7.13. The molecule has 0 heterocycles. The molecule has 0 spiro atoms. The quantitative estimate of drug-likeness (QED) is 0.190. The van der Waals surface area contributed by atoms with Gasteiger partial charge in [-0.05, 0) is 96.0 Å². The van der Waals surface area contributed by atoms with Gasteiger partial charge in [-0.2, -0.15) is 0 Å². The van der Waals surface area contributed by atoms with Crippen molar-refractivity contribution in [2.75, 3.05) is 4.90 Å². The minimum absolute atomic E-state index is 1.13. The third kappa shape index (κ3) is 4.17. The van der Waals surface area contributed by atoms with Gasteiger partial charge in [0.2, 0.25) is 0 Å². The molecule has 0 saturated heterocycles. The number of nitrogens with zero attached hydrogens (tertiary/aromatic N) is 1. The monoisotopic (exact) mass is 571 g/mol. The van der Waals surface area contributed by atoms with Gasteiger partial charge in [-0.15, -0.1) is 0 Å². The first-order valence-electron chi connectivity index (χ1n) is 15.5. The van der Waals surface area contributed by atoms with Crippen molar-refractivity contribution in [3.05, 3.63) is 176 Å². The van der Waals surface area contributed by atoms with Gasteiger partial charge in [0, 0.05) is 16.8 Å². The molecular formula is C44H29N. The van der Waals surface area contributed by atoms with E-state index in [9.17, 15) is 0 Å². The zero-order valence-electron chi connectivity index (χ0n) is 24.7. The Morgan fingerprint density at radius 2 is 0.867 bits per heavy atom. The maximum absolute atomic E-state index is 2.40. The topological polar surface area (TPSA) is 3.24 Å². The molecule has 0 aliphatic rings. The zero-order valence-corrected chi connectivity index (χ0v) is 24.7. The van der Waals surface area contributed by atoms with E-state index in [0.29, 0.717) is 0 Å². The molecular weight excluding hydrogens is 542 g/mol. The van der Waals surface area contributed by atoms with Crippen molar-refractivity contribution >= 4 is 70.9 Å². The highest BCUT2D eigenvalue weighted by molar-refractivity contribution is 6.23. The van der Waals surface area contributed by atoms with Crippen LogP contribution < -0.4 is 4.90 Å². The molecule has 0 bridgehead atoms. The van der Waals surface area contributed by atoms with Crippen LogP contribution in [0.1, 0.15) is 0 Å². The zero-order chi connectivity index (χ0) is 29.7. The lowest BCUT2D eigenvalue weighted by Crippen LogP contribution is -2.10. The van der Waals surface area contributed by atoms with E-state index >= 15 is 0 Å². The Labute approximate surface area is 262 Å². The van der Waals surface area contributed by atoms with Crippen LogP contribution >= 0.6 is 0 Å². The van der Waals surface area contributed by atoms with E-state index in [1.807, 2.05) is 0 Å². The molecule has 45 heavy (non-hydrogen) atoms. The number of para-hydroxylation sites is 1. The maximum atomic E-state index is 2.40. The predicted molar refractivity (Wildman–Crippen MR) is 194 cm³/mol. The molecule has 0 radical (unpaired) electrons. The van der Waals surface area contributed by atoms with Crippen LogP contribution in [-0.2, 0) is 0 Å². The van der Waals surface area contributed by atoms with Gasteiger partial charge in [0.05, 0.1) is 5.69 Å². The summed E-state index contributed by atoms with van der Waals surface area (Å²) in [6.45, 7) is 0. The van der Waals surface area contributed by atoms with E-state index in [0.717, 1.165) is 11.4 Å². The molecule has 1 nitrogen and oxygen atoms in total. The van der Waals surface area contributed by atoms with Crippen LogP contribution in [0.5, 0.6) is 0 Å². The minimum Gasteiger partial charge on any atom is -0.310 e. The van der Waals surface area contributed by atoms with Crippen molar-refractivity contribution in [3.8, 4) is 11.1 Å². The van der Waals surface area contributed by atoms with Crippen LogP contribution in [0, 0.1) is 0 Å². The first-order chi connectivity index (χ1) is 22.3. The summed E-state index contributed by atoms with van der Waals surface area (Å²) in [7, 11) is 0. The van der Waals surface area contributed by atoms with Gasteiger partial charge in [-0.3, -0.25) is 0 Å². The summed E-state index contributed by atoms with van der Waals surface area (Å²) >= 11 is 0. The Balaban J connectivity index is 1.26. The minimum atomic E-state index is 1.13. The smallest absolute Gasteiger partial charge is 0.0546 e. The van der Waals surface area contributed by atoms with Crippen molar-refractivity contribution in [3.63, 3.8) is 0 Å². The van der Waals surface area contributed by atoms with Crippen LogP contribution in [0.25, 0.3) is 65.0 Å². The lowest BCUT2D eigenvalue weighted by atomic mass is 9.93. The van der Waals surface area contributed by atoms with Crippen molar-refractivity contribution in [2.45, 2.75) is 0 Å². The molecule has 0 amide bonds. The SMILES string of the molecule is c1ccc(N(c2ccc(-c3cc4ccccc4c4ccccc34)cc2)c2cc3ccc4ccccc4c3c3ccccc23)cc1. The molecule has 0 aliphatic heterocycles. The van der Waals surface area contributed by atoms with E-state index in [-0.39, 0.29) is 0 Å². The standard InChI is InChI=1S/C44H29N/c1-2-14-34(15-3-1)45(43-29-33-23-22-30-12-4-7-17-37(30)44(33)41-21-11-10-20-40(41)43)35-26-24-31(25-27-35)42-28-32-13-5-6-16-36(32)38-18-8-9-19-39(38)42/h1-29H. The summed E-state index contributed by atoms with van der Waals surface area (Å²) in [4.78, 5) is 2.40. The van der Waals surface area contributed by atoms with E-state index < -0.39 is 0 Å². The summed E-state index contributed by atoms with van der Waals surface area (Å²) in [5.41, 5.74) is 5.89. The van der Waals surface area contributed by atoms with Crippen molar-refractivity contribution < 1.29 is 0 Å². The molecule has 0 unspecified atom stereocenters. The Kier molecular flexibility index (Phi) is 5.89. The second-order valence-electron chi connectivity index (χ2n) is 11.7. The Bertz CT molecular complexity index is 2530. The highest BCUT2D eigenvalue weighted by Gasteiger charge is 2.18. The van der Waals surface area contributed by atoms with E-state index in [2.05, 4.69) is 181 Å². The number of fused-ring (bicyclic) bond motifs is 8. The average molecular weight is 572 g/mol. The third-order valence-corrected chi connectivity index (χ3v) is 9.19. The highest BCUT2D eigenvalue weighted by atomic mass is 15.1. The van der Waals surface area contributed by atoms with Gasteiger partial charge in [0.1, 0.15) is 0 Å². The molecule has 9 aromatic carbocycles. The Morgan fingerprint density at radius 1 is 0.311 bits per heavy atom. The van der Waals surface area contributed by atoms with Crippen LogP contribution in [0.3, 0.4) is 0 Å². The summed E-state index contributed by atoms with van der Waals surface area (Å²) in [6.07, 6.45) is 0. The molecule has 0 aliphatic carbocycles. The molecule has 0 atom stereocenters. The van der Waals surface area contributed by atoms with E-state index in [1.165, 1.54) is 70.7 Å². The number of benzene rings is 9. The van der Waals surface area contributed by atoms with Gasteiger partial charge in [0.25, 0.3) is 0 Å². The number of rotatable bonds is 4. The lowest BCUT2D eigenvalue weighted by Gasteiger charge is -2.28. The molecule has 0 saturated carbocycles. The van der Waals surface area contributed by atoms with Crippen LogP contribution in [0.4, 0.5) is 17.1 Å². The molecule has 9 rings (SSSR count). The van der Waals surface area contributed by atoms with E-state index in [4.69, 9.17) is 0 Å². The number of anilines is 3. The molecule has 1 heteroatoms. The number of hydrogen-bond acceptors (Lipinski definition) is 1. The predicted octanol–water partition coefficient (Wildman–Crippen LogP) is 12.6. The maximum Gasteiger partial charge on any atom is 0.0546 e. The Morgan fingerprint density at radius 3 is 1.64 bits per heavy atom. The first kappa shape index (κ1) is 25.6. The summed E-state index contributed by atoms with van der Waals surface area (Å²) in [5, 5.41) is 12.7. The van der Waals surface area contributed by atoms with Crippen LogP contribution in [0.15, 0.2) is 176 Å². The van der Waals surface area contributed by atoms with Gasteiger partial charge in [0.15, 0.2) is 0 Å². The second kappa shape index (κ2) is 10.4. The second-order valence-corrected chi connectivity index (χ2v) is 11.7. The molecule has 0 fully saturated rings. The normalized spacial score (nSPS) is 11.6. The first-order valence-corrected chi connectivity index (χ1v) is 15.5. The van der Waals surface area contributed by atoms with Gasteiger partial charge in [-0.25, -0.2) is 0 Å². The van der Waals surface area contributed by atoms with Crippen molar-refractivity contribution in [2.24, 2.45) is 0 Å². The van der Waals surface area contributed by atoms with Gasteiger partial charge < -0.3 is 4.90 Å². The fourth-order valence-electron chi connectivity index (χ4n) is 7.13. The number of hydrogen-bond donors (Lipinski definition) is 0. The Hall–Kier alpha value is -5.92. The average Bonchev–Trinajstić information content (AvgIpc) is 3.12. The molecule has 210 valence electrons. The third-order valence-electron chi connectivity index (χ3n) is 9.19. The lowest BCUT2D eigenvalue weighted by molar-refractivity contribution is 1.30. The van der Waals surface area contributed by atoms with Crippen LogP contribution in [-0.4, -0.2) is 0 Å². The van der Waals surface area contributed by atoms with Gasteiger partial charge >= 0.3 is 0 Å². The molecule has 9 aromatic rings. The summed E-state index contributed by atoms with van der Waals surface area (Å²) in [6, 6.07) is 64.0. The summed E-state index contributed by atoms with van der Waals surface area (Å²) < 4.78 is 0. The van der Waals surface area contributed by atoms with Crippen LogP contribution in [0.2, 0.25) is 0 Å². The molecule has 0 N–H and O–H groups in total. The highest BCUT2D eigenvalue weighted by Crippen LogP contribution is 2.44. The molecule has 0 aromatic heterocycles. The fraction of sp³-hybridized carbons (Fsp3) is 0. The largest absolute Gasteiger partial charge is 0.310 e. The van der Waals surface area contributed by atoms with Crippen molar-refractivity contribution in [1.82, 2.24) is 0 Å². The van der Waals surface area contributed by atoms with Crippen molar-refractivity contribution in [1.29, 1.82) is 0 Å². The summed E-state index contributed by atoms with van der Waals surface area (Å²) in [5.74, 6) is 0.